The number of rotatable bonds is 5. The van der Waals surface area contributed by atoms with Crippen molar-refractivity contribution in [2.24, 2.45) is 0 Å². The Kier molecular flexibility index (Phi) is 5.20. The van der Waals surface area contributed by atoms with Gasteiger partial charge in [0.25, 0.3) is 0 Å². The predicted molar refractivity (Wildman–Crippen MR) is 105 cm³/mol. The molecule has 1 unspecified atom stereocenters. The summed E-state index contributed by atoms with van der Waals surface area (Å²) >= 11 is 1.69. The molecule has 2 aromatic rings. The van der Waals surface area contributed by atoms with Gasteiger partial charge in [0.2, 0.25) is 11.8 Å². The van der Waals surface area contributed by atoms with E-state index >= 15 is 0 Å². The number of aromatic amines is 1. The number of carbonyl (C=O) groups is 2. The first-order chi connectivity index (χ1) is 12.7. The monoisotopic (exact) mass is 371 g/mol. The molecule has 2 fully saturated rings. The van der Waals surface area contributed by atoms with Crippen molar-refractivity contribution in [3.05, 3.63) is 36.0 Å². The van der Waals surface area contributed by atoms with Crippen LogP contribution < -0.4 is 0 Å². The molecule has 138 valence electrons. The third-order valence-electron chi connectivity index (χ3n) is 5.42. The highest BCUT2D eigenvalue weighted by atomic mass is 32.2. The second kappa shape index (κ2) is 7.74. The number of para-hydroxylation sites is 1. The van der Waals surface area contributed by atoms with Crippen LogP contribution in [0.25, 0.3) is 10.9 Å². The highest BCUT2D eigenvalue weighted by Gasteiger charge is 2.37. The fourth-order valence-electron chi connectivity index (χ4n) is 3.95. The average Bonchev–Trinajstić information content (AvgIpc) is 3.41. The Bertz CT molecular complexity index is 797. The summed E-state index contributed by atoms with van der Waals surface area (Å²) in [5.41, 5.74) is 2.40. The van der Waals surface area contributed by atoms with E-state index in [-0.39, 0.29) is 17.9 Å². The van der Waals surface area contributed by atoms with E-state index in [4.69, 9.17) is 0 Å². The number of carbonyl (C=O) groups excluding carboxylic acids is 2. The molecule has 2 amide bonds. The Morgan fingerprint density at radius 3 is 2.85 bits per heavy atom. The summed E-state index contributed by atoms with van der Waals surface area (Å²) in [6.45, 7) is 1.70. The minimum Gasteiger partial charge on any atom is -0.361 e. The Balaban J connectivity index is 1.33. The third kappa shape index (κ3) is 3.47. The van der Waals surface area contributed by atoms with E-state index in [1.807, 2.05) is 23.2 Å². The van der Waals surface area contributed by atoms with E-state index in [9.17, 15) is 9.59 Å². The van der Waals surface area contributed by atoms with E-state index in [1.165, 1.54) is 10.9 Å². The van der Waals surface area contributed by atoms with Crippen molar-refractivity contribution in [1.29, 1.82) is 0 Å². The fraction of sp³-hybridized carbons (Fsp3) is 0.500. The SMILES string of the molecule is O=C(C1CSCN1C(=O)CCCc1c[nH]c2ccccc12)N1CCCC1. The quantitative estimate of drug-likeness (QED) is 0.879. The van der Waals surface area contributed by atoms with Crippen LogP contribution in [0.3, 0.4) is 0 Å². The van der Waals surface area contributed by atoms with Gasteiger partial charge in [0.05, 0.1) is 5.88 Å². The molecule has 4 rings (SSSR count). The summed E-state index contributed by atoms with van der Waals surface area (Å²) in [5, 5.41) is 1.23. The van der Waals surface area contributed by atoms with Gasteiger partial charge in [-0.2, -0.15) is 0 Å². The predicted octanol–water partition coefficient (Wildman–Crippen LogP) is 3.01. The molecule has 0 radical (unpaired) electrons. The molecule has 0 aliphatic carbocycles. The summed E-state index contributed by atoms with van der Waals surface area (Å²) in [4.78, 5) is 32.4. The van der Waals surface area contributed by atoms with Crippen LogP contribution in [0.4, 0.5) is 0 Å². The zero-order chi connectivity index (χ0) is 17.9. The maximum absolute atomic E-state index is 12.7. The highest BCUT2D eigenvalue weighted by Crippen LogP contribution is 2.26. The van der Waals surface area contributed by atoms with Gasteiger partial charge in [0.15, 0.2) is 0 Å². The molecule has 2 aliphatic rings. The van der Waals surface area contributed by atoms with Crippen LogP contribution in [0.1, 0.15) is 31.2 Å². The van der Waals surface area contributed by atoms with Crippen LogP contribution in [-0.4, -0.2) is 57.4 Å². The maximum atomic E-state index is 12.7. The van der Waals surface area contributed by atoms with Crippen molar-refractivity contribution in [3.63, 3.8) is 0 Å². The molecule has 0 bridgehead atoms. The number of fused-ring (bicyclic) bond motifs is 1. The zero-order valence-electron chi connectivity index (χ0n) is 14.9. The molecule has 1 aromatic carbocycles. The molecule has 1 aromatic heterocycles. The summed E-state index contributed by atoms with van der Waals surface area (Å²) in [5.74, 6) is 1.66. The molecule has 3 heterocycles. The van der Waals surface area contributed by atoms with Gasteiger partial charge < -0.3 is 14.8 Å². The zero-order valence-corrected chi connectivity index (χ0v) is 15.8. The van der Waals surface area contributed by atoms with Crippen molar-refractivity contribution >= 4 is 34.5 Å². The van der Waals surface area contributed by atoms with Crippen molar-refractivity contribution in [2.75, 3.05) is 24.7 Å². The first kappa shape index (κ1) is 17.5. The molecule has 2 aliphatic heterocycles. The lowest BCUT2D eigenvalue weighted by molar-refractivity contribution is -0.142. The summed E-state index contributed by atoms with van der Waals surface area (Å²) < 4.78 is 0. The first-order valence-corrected chi connectivity index (χ1v) is 10.6. The maximum Gasteiger partial charge on any atom is 0.246 e. The standard InChI is InChI=1S/C20H25N3O2S/c24-19(9-5-6-15-12-21-17-8-2-1-7-16(15)17)23-14-26-13-18(23)20(25)22-10-3-4-11-22/h1-2,7-8,12,18,21H,3-6,9-11,13-14H2. The Labute approximate surface area is 158 Å². The topological polar surface area (TPSA) is 56.4 Å². The number of H-pyrrole nitrogens is 1. The van der Waals surface area contributed by atoms with Crippen LogP contribution >= 0.6 is 11.8 Å². The lowest BCUT2D eigenvalue weighted by Crippen LogP contribution is -2.48. The molecular formula is C20H25N3O2S. The fourth-order valence-corrected chi connectivity index (χ4v) is 5.13. The van der Waals surface area contributed by atoms with Gasteiger partial charge in [0, 0.05) is 42.4 Å². The number of aryl methyl sites for hydroxylation is 1. The second-order valence-corrected chi connectivity index (χ2v) is 8.12. The Morgan fingerprint density at radius 2 is 2.00 bits per heavy atom. The van der Waals surface area contributed by atoms with Crippen LogP contribution in [0.2, 0.25) is 0 Å². The summed E-state index contributed by atoms with van der Waals surface area (Å²) in [6, 6.07) is 8.00. The molecule has 6 heteroatoms. The minimum atomic E-state index is -0.251. The van der Waals surface area contributed by atoms with E-state index < -0.39 is 0 Å². The largest absolute Gasteiger partial charge is 0.361 e. The number of likely N-dealkylation sites (tertiary alicyclic amines) is 1. The number of nitrogens with one attached hydrogen (secondary N) is 1. The lowest BCUT2D eigenvalue weighted by Gasteiger charge is -2.27. The summed E-state index contributed by atoms with van der Waals surface area (Å²) in [7, 11) is 0. The van der Waals surface area contributed by atoms with Crippen molar-refractivity contribution in [2.45, 2.75) is 38.1 Å². The van der Waals surface area contributed by atoms with Crippen molar-refractivity contribution < 1.29 is 9.59 Å². The van der Waals surface area contributed by atoms with Gasteiger partial charge in [-0.15, -0.1) is 11.8 Å². The first-order valence-electron chi connectivity index (χ1n) is 9.45. The Morgan fingerprint density at radius 1 is 1.19 bits per heavy atom. The molecule has 0 spiro atoms. The third-order valence-corrected chi connectivity index (χ3v) is 6.43. The molecule has 26 heavy (non-hydrogen) atoms. The average molecular weight is 372 g/mol. The van der Waals surface area contributed by atoms with Gasteiger partial charge in [-0.3, -0.25) is 9.59 Å². The molecule has 5 nitrogen and oxygen atoms in total. The molecular weight excluding hydrogens is 346 g/mol. The number of hydrogen-bond acceptors (Lipinski definition) is 3. The summed E-state index contributed by atoms with van der Waals surface area (Å²) in [6.07, 6.45) is 6.41. The number of benzene rings is 1. The number of nitrogens with zero attached hydrogens (tertiary/aromatic N) is 2. The molecule has 0 saturated carbocycles. The van der Waals surface area contributed by atoms with Crippen LogP contribution in [0, 0.1) is 0 Å². The Hall–Kier alpha value is -1.95. The van der Waals surface area contributed by atoms with E-state index in [0.29, 0.717) is 12.3 Å². The smallest absolute Gasteiger partial charge is 0.246 e. The van der Waals surface area contributed by atoms with Crippen LogP contribution in [-0.2, 0) is 16.0 Å². The van der Waals surface area contributed by atoms with Crippen molar-refractivity contribution in [1.82, 2.24) is 14.8 Å². The van der Waals surface area contributed by atoms with Gasteiger partial charge >= 0.3 is 0 Å². The van der Waals surface area contributed by atoms with Gasteiger partial charge in [0.1, 0.15) is 6.04 Å². The normalized spacial score (nSPS) is 20.2. The van der Waals surface area contributed by atoms with Gasteiger partial charge in [-0.25, -0.2) is 0 Å². The van der Waals surface area contributed by atoms with E-state index in [1.54, 1.807) is 16.7 Å². The lowest BCUT2D eigenvalue weighted by atomic mass is 10.1. The number of amides is 2. The van der Waals surface area contributed by atoms with Crippen LogP contribution in [0.5, 0.6) is 0 Å². The van der Waals surface area contributed by atoms with Gasteiger partial charge in [-0.05, 0) is 37.3 Å². The second-order valence-electron chi connectivity index (χ2n) is 7.12. The van der Waals surface area contributed by atoms with Crippen LogP contribution in [0.15, 0.2) is 30.5 Å². The highest BCUT2D eigenvalue weighted by molar-refractivity contribution is 7.99. The van der Waals surface area contributed by atoms with E-state index in [0.717, 1.165) is 50.0 Å². The minimum absolute atomic E-state index is 0.118. The van der Waals surface area contributed by atoms with Crippen molar-refractivity contribution in [3.8, 4) is 0 Å². The van der Waals surface area contributed by atoms with Gasteiger partial charge in [-0.1, -0.05) is 18.2 Å². The number of aromatic nitrogens is 1. The molecule has 1 N–H and O–H groups in total. The number of hydrogen-bond donors (Lipinski definition) is 1. The molecule has 2 saturated heterocycles. The number of thioether (sulfide) groups is 1. The van der Waals surface area contributed by atoms with E-state index in [2.05, 4.69) is 17.1 Å². The molecule has 1 atom stereocenters.